The van der Waals surface area contributed by atoms with Gasteiger partial charge in [-0.15, -0.1) is 0 Å². The molecule has 0 aromatic rings. The van der Waals surface area contributed by atoms with E-state index in [0.29, 0.717) is 38.6 Å². The topological polar surface area (TPSA) is 136 Å². The summed E-state index contributed by atoms with van der Waals surface area (Å²) < 4.78 is 10.4. The van der Waals surface area contributed by atoms with Gasteiger partial charge in [-0.05, 0) is 33.1 Å². The van der Waals surface area contributed by atoms with Gasteiger partial charge in [0.15, 0.2) is 5.78 Å². The van der Waals surface area contributed by atoms with Gasteiger partial charge in [0.2, 0.25) is 5.91 Å². The monoisotopic (exact) mass is 611 g/mol. The van der Waals surface area contributed by atoms with Crippen molar-refractivity contribution in [2.75, 3.05) is 33.0 Å². The highest BCUT2D eigenvalue weighted by molar-refractivity contribution is 5.84. The van der Waals surface area contributed by atoms with Crippen molar-refractivity contribution in [3.05, 3.63) is 0 Å². The Morgan fingerprint density at radius 1 is 0.581 bits per heavy atom. The molecule has 0 aromatic heterocycles. The van der Waals surface area contributed by atoms with Crippen LogP contribution in [-0.2, 0) is 33.4 Å². The summed E-state index contributed by atoms with van der Waals surface area (Å²) in [5.74, 6) is -1.92. The summed E-state index contributed by atoms with van der Waals surface area (Å²) in [5, 5.41) is 12.2. The summed E-state index contributed by atoms with van der Waals surface area (Å²) in [7, 11) is 0. The van der Waals surface area contributed by atoms with E-state index in [1.165, 1.54) is 84.0 Å². The highest BCUT2D eigenvalue weighted by Crippen LogP contribution is 2.17. The number of carbonyl (C=O) groups excluding carboxylic acids is 4. The second kappa shape index (κ2) is 29.9. The van der Waals surface area contributed by atoms with E-state index in [0.717, 1.165) is 32.1 Å². The van der Waals surface area contributed by atoms with E-state index in [1.807, 2.05) is 0 Å². The Morgan fingerprint density at radius 2 is 1.05 bits per heavy atom. The van der Waals surface area contributed by atoms with E-state index >= 15 is 0 Å². The summed E-state index contributed by atoms with van der Waals surface area (Å²) in [6.07, 6.45) is 20.6. The van der Waals surface area contributed by atoms with Crippen LogP contribution >= 0.6 is 0 Å². The number of unbranched alkanes of at least 4 members (excludes halogenated alkanes) is 15. The Hall–Kier alpha value is -2.13. The van der Waals surface area contributed by atoms with Crippen LogP contribution in [-0.4, -0.2) is 67.3 Å². The first-order valence-corrected chi connectivity index (χ1v) is 16.9. The molecule has 9 heteroatoms. The van der Waals surface area contributed by atoms with Crippen molar-refractivity contribution in [3.8, 4) is 0 Å². The lowest BCUT2D eigenvalue weighted by atomic mass is 9.94. The number of Topliss-reactive ketones (excluding diaryl/α,β-unsaturated/α-hetero) is 3. The largest absolute Gasteiger partial charge is 0.481 e. The summed E-state index contributed by atoms with van der Waals surface area (Å²) in [5.41, 5.74) is 0. The molecule has 0 saturated carbocycles. The number of ether oxygens (including phenoxy) is 2. The lowest BCUT2D eigenvalue weighted by molar-refractivity contribution is -0.144. The van der Waals surface area contributed by atoms with E-state index in [2.05, 4.69) is 5.32 Å². The van der Waals surface area contributed by atoms with Crippen LogP contribution in [0, 0.1) is 5.92 Å². The van der Waals surface area contributed by atoms with Crippen molar-refractivity contribution in [2.24, 2.45) is 5.92 Å². The molecule has 1 amide bonds. The highest BCUT2D eigenvalue weighted by Gasteiger charge is 2.22. The minimum Gasteiger partial charge on any atom is -0.481 e. The maximum Gasteiger partial charge on any atom is 0.306 e. The molecule has 9 nitrogen and oxygen atoms in total. The average molecular weight is 612 g/mol. The third kappa shape index (κ3) is 31.1. The molecule has 0 unspecified atom stereocenters. The number of carboxylic acids is 1. The molecule has 2 N–H and O–H groups in total. The zero-order valence-corrected chi connectivity index (χ0v) is 27.3. The molecule has 250 valence electrons. The summed E-state index contributed by atoms with van der Waals surface area (Å²) in [4.78, 5) is 57.6. The van der Waals surface area contributed by atoms with Crippen LogP contribution in [0.25, 0.3) is 0 Å². The van der Waals surface area contributed by atoms with Crippen LogP contribution in [0.2, 0.25) is 0 Å². The maximum atomic E-state index is 12.3. The zero-order chi connectivity index (χ0) is 32.0. The van der Waals surface area contributed by atoms with Crippen molar-refractivity contribution < 1.29 is 38.6 Å². The molecule has 0 saturated heterocycles. The molecule has 0 radical (unpaired) electrons. The molecule has 0 aromatic carbocycles. The predicted octanol–water partition coefficient (Wildman–Crippen LogP) is 6.78. The quantitative estimate of drug-likeness (QED) is 0.0776. The van der Waals surface area contributed by atoms with Crippen LogP contribution in [0.15, 0.2) is 0 Å². The lowest BCUT2D eigenvalue weighted by Gasteiger charge is -2.12. The molecular weight excluding hydrogens is 550 g/mol. The predicted molar refractivity (Wildman–Crippen MR) is 169 cm³/mol. The molecule has 0 aliphatic heterocycles. The average Bonchev–Trinajstić information content (AvgIpc) is 2.95. The van der Waals surface area contributed by atoms with E-state index in [9.17, 15) is 29.1 Å². The van der Waals surface area contributed by atoms with E-state index in [4.69, 9.17) is 9.47 Å². The van der Waals surface area contributed by atoms with Crippen LogP contribution in [0.1, 0.15) is 149 Å². The smallest absolute Gasteiger partial charge is 0.306 e. The van der Waals surface area contributed by atoms with Crippen LogP contribution in [0.3, 0.4) is 0 Å². The number of carbonyl (C=O) groups is 5. The Labute approximate surface area is 260 Å². The molecule has 0 bridgehead atoms. The third-order valence-corrected chi connectivity index (χ3v) is 7.52. The first kappa shape index (κ1) is 40.9. The fourth-order valence-electron chi connectivity index (χ4n) is 4.95. The molecule has 43 heavy (non-hydrogen) atoms. The van der Waals surface area contributed by atoms with Gasteiger partial charge in [0.1, 0.15) is 18.2 Å². The van der Waals surface area contributed by atoms with Crippen LogP contribution in [0.5, 0.6) is 0 Å². The summed E-state index contributed by atoms with van der Waals surface area (Å²) in [6.45, 7) is 4.39. The molecule has 0 heterocycles. The van der Waals surface area contributed by atoms with Gasteiger partial charge >= 0.3 is 5.97 Å². The van der Waals surface area contributed by atoms with Crippen molar-refractivity contribution >= 4 is 29.2 Å². The van der Waals surface area contributed by atoms with Gasteiger partial charge in [-0.25, -0.2) is 0 Å². The van der Waals surface area contributed by atoms with Crippen molar-refractivity contribution in [3.63, 3.8) is 0 Å². The minimum atomic E-state index is -1.03. The normalized spacial score (nSPS) is 11.8. The molecule has 0 aliphatic rings. The van der Waals surface area contributed by atoms with Gasteiger partial charge in [0, 0.05) is 32.2 Å². The Balaban J connectivity index is 3.61. The Bertz CT molecular complexity index is 755. The fourth-order valence-corrected chi connectivity index (χ4v) is 4.95. The number of hydrogen-bond donors (Lipinski definition) is 2. The number of ketones is 3. The SMILES string of the molecule is CC(=O)CCCCCCCCCCCCCCCCCCC(=O)C[C@@H](CCC(=O)NCCOCCOCC(C)=O)C(=O)O. The maximum absolute atomic E-state index is 12.3. The standard InChI is InChI=1S/C34H61NO8/c1-29(36)19-17-15-13-11-9-7-5-3-4-6-8-10-12-14-16-18-20-32(38)27-31(34(40)41)21-22-33(39)35-23-24-42-25-26-43-28-30(2)37/h31H,3-28H2,1-2H3,(H,35,39)(H,40,41)/t31-/m1/s1. The molecule has 0 fully saturated rings. The van der Waals surface area contributed by atoms with Crippen molar-refractivity contribution in [1.82, 2.24) is 5.32 Å². The van der Waals surface area contributed by atoms with Gasteiger partial charge < -0.3 is 24.7 Å². The second-order valence-corrected chi connectivity index (χ2v) is 11.9. The van der Waals surface area contributed by atoms with Crippen molar-refractivity contribution in [2.45, 2.75) is 149 Å². The molecule has 0 rings (SSSR count). The van der Waals surface area contributed by atoms with Gasteiger partial charge in [0.25, 0.3) is 0 Å². The number of aliphatic carboxylic acids is 1. The van der Waals surface area contributed by atoms with Gasteiger partial charge in [-0.1, -0.05) is 89.9 Å². The summed E-state index contributed by atoms with van der Waals surface area (Å²) >= 11 is 0. The zero-order valence-electron chi connectivity index (χ0n) is 27.3. The van der Waals surface area contributed by atoms with Gasteiger partial charge in [0.05, 0.1) is 25.7 Å². The van der Waals surface area contributed by atoms with E-state index in [1.54, 1.807) is 6.92 Å². The second-order valence-electron chi connectivity index (χ2n) is 11.9. The third-order valence-electron chi connectivity index (χ3n) is 7.52. The first-order chi connectivity index (χ1) is 20.7. The Kier molecular flexibility index (Phi) is 28.4. The van der Waals surface area contributed by atoms with E-state index in [-0.39, 0.29) is 43.3 Å². The van der Waals surface area contributed by atoms with Crippen molar-refractivity contribution in [1.29, 1.82) is 0 Å². The summed E-state index contributed by atoms with van der Waals surface area (Å²) in [6, 6.07) is 0. The fraction of sp³-hybridized carbons (Fsp3) is 0.853. The first-order valence-electron chi connectivity index (χ1n) is 16.9. The number of amides is 1. The Morgan fingerprint density at radius 3 is 1.51 bits per heavy atom. The minimum absolute atomic E-state index is 0.0207. The van der Waals surface area contributed by atoms with Gasteiger partial charge in [-0.2, -0.15) is 0 Å². The number of nitrogens with one attached hydrogen (secondary N) is 1. The van der Waals surface area contributed by atoms with E-state index < -0.39 is 11.9 Å². The molecule has 1 atom stereocenters. The molecular formula is C34H61NO8. The molecule has 0 aliphatic carbocycles. The molecule has 0 spiro atoms. The number of rotatable bonds is 33. The number of carboxylic acid groups (broad SMARTS) is 1. The van der Waals surface area contributed by atoms with Crippen LogP contribution in [0.4, 0.5) is 0 Å². The lowest BCUT2D eigenvalue weighted by Crippen LogP contribution is -2.29. The van der Waals surface area contributed by atoms with Gasteiger partial charge in [-0.3, -0.25) is 19.2 Å². The number of hydrogen-bond acceptors (Lipinski definition) is 7. The highest BCUT2D eigenvalue weighted by atomic mass is 16.5. The van der Waals surface area contributed by atoms with Crippen LogP contribution < -0.4 is 5.32 Å².